The molecule has 79 heavy (non-hydrogen) atoms. The van der Waals surface area contributed by atoms with Crippen molar-refractivity contribution in [2.75, 3.05) is 0 Å². The topological polar surface area (TPSA) is 113 Å². The second kappa shape index (κ2) is 35.5. The maximum Gasteiger partial charge on any atom is 0.338 e. The fourth-order valence-electron chi connectivity index (χ4n) is 10.2. The molecule has 0 saturated carbocycles. The quantitative estimate of drug-likeness (QED) is 0.0276. The van der Waals surface area contributed by atoms with Gasteiger partial charge in [-0.05, 0) is 123 Å². The Kier molecular flexibility index (Phi) is 28.0. The number of unbranched alkanes of at least 4 members (excludes halogenated alkanes) is 18. The van der Waals surface area contributed by atoms with Gasteiger partial charge in [-0.1, -0.05) is 216 Å². The van der Waals surface area contributed by atoms with E-state index in [0.29, 0.717) is 22.8 Å². The van der Waals surface area contributed by atoms with E-state index in [0.717, 1.165) is 122 Å². The molecular formula is C70H94N4O5. The highest BCUT2D eigenvalue weighted by atomic mass is 16.5. The molecule has 6 rings (SSSR count). The number of hydrogen-bond acceptors (Lipinski definition) is 9. The molecule has 0 fully saturated rings. The third-order valence-electron chi connectivity index (χ3n) is 15.2. The lowest BCUT2D eigenvalue weighted by molar-refractivity contribution is 0.0298. The van der Waals surface area contributed by atoms with E-state index in [-0.39, 0.29) is 24.1 Å². The van der Waals surface area contributed by atoms with Gasteiger partial charge in [0, 0.05) is 35.9 Å². The Labute approximate surface area is 475 Å². The summed E-state index contributed by atoms with van der Waals surface area (Å²) in [6.07, 6.45) is 36.8. The largest absolute Gasteiger partial charge is 0.459 e. The number of ether oxygens (including phenoxy) is 3. The molecule has 4 atom stereocenters. The number of aromatic nitrogens is 4. The molecule has 9 nitrogen and oxygen atoms in total. The van der Waals surface area contributed by atoms with Crippen LogP contribution in [0.2, 0.25) is 0 Å². The molecule has 2 aromatic heterocycles. The number of hydrogen-bond donors (Lipinski definition) is 0. The van der Waals surface area contributed by atoms with Crippen molar-refractivity contribution in [3.63, 3.8) is 0 Å². The molecule has 0 aliphatic rings. The van der Waals surface area contributed by atoms with Crippen molar-refractivity contribution in [1.29, 1.82) is 0 Å². The maximum atomic E-state index is 13.5. The monoisotopic (exact) mass is 1070 g/mol. The molecule has 4 aromatic carbocycles. The number of benzene rings is 4. The standard InChI is InChI=1S/C70H94N4O5/c1-7-11-15-19-21-23-27-31-55-49-71-67(72-50-55)61-41-33-57(34-42-61)65(59-37-45-63(46-38-59)69(75)77-53(5)29-25-17-13-9-3)79-66(60-39-47-64(48-40-60)70(76)78-54(6)30-26-18-14-10-4)58-35-43-62(44-36-58)68-73-51-56(52-74-68)32-28-24-22-20-16-12-8-2/h33-54,65-66H,7-32H2,1-6H3. The van der Waals surface area contributed by atoms with Gasteiger partial charge < -0.3 is 14.2 Å². The van der Waals surface area contributed by atoms with Crippen LogP contribution in [0.5, 0.6) is 0 Å². The minimum Gasteiger partial charge on any atom is -0.459 e. The van der Waals surface area contributed by atoms with Crippen LogP contribution in [0.3, 0.4) is 0 Å². The van der Waals surface area contributed by atoms with Crippen LogP contribution in [0.15, 0.2) is 122 Å². The van der Waals surface area contributed by atoms with Crippen LogP contribution >= 0.6 is 0 Å². The SMILES string of the molecule is CCCCCCCCCc1cnc(-c2ccc(C(OC(c3ccc(C(=O)OC(C)CCCCCC)cc3)c3ccc(-c4ncc(CCCCCCCCC)cn4)cc3)c3ccc(C(=O)OC(C)CCCCCC)cc3)cc2)nc1. The van der Waals surface area contributed by atoms with Crippen molar-refractivity contribution in [2.24, 2.45) is 0 Å². The van der Waals surface area contributed by atoms with Crippen LogP contribution in [0.1, 0.15) is 262 Å². The van der Waals surface area contributed by atoms with Gasteiger partial charge in [0.25, 0.3) is 0 Å². The Morgan fingerprint density at radius 2 is 0.646 bits per heavy atom. The summed E-state index contributed by atoms with van der Waals surface area (Å²) < 4.78 is 19.3. The number of nitrogens with zero attached hydrogens (tertiary/aromatic N) is 4. The van der Waals surface area contributed by atoms with Gasteiger partial charge in [-0.2, -0.15) is 0 Å². The molecule has 6 aromatic rings. The lowest BCUT2D eigenvalue weighted by Gasteiger charge is -2.27. The van der Waals surface area contributed by atoms with E-state index in [1.165, 1.54) is 89.9 Å². The first-order valence-electron chi connectivity index (χ1n) is 30.8. The Hall–Kier alpha value is -6.06. The molecule has 0 bridgehead atoms. The Morgan fingerprint density at radius 3 is 0.962 bits per heavy atom. The molecule has 0 N–H and O–H groups in total. The molecule has 424 valence electrons. The Morgan fingerprint density at radius 1 is 0.367 bits per heavy atom. The fourth-order valence-corrected chi connectivity index (χ4v) is 10.2. The molecular weight excluding hydrogens is 977 g/mol. The second-order valence-electron chi connectivity index (χ2n) is 22.1. The molecule has 0 aliphatic heterocycles. The van der Waals surface area contributed by atoms with Gasteiger partial charge in [0.05, 0.1) is 23.3 Å². The first-order valence-corrected chi connectivity index (χ1v) is 30.8. The zero-order valence-electron chi connectivity index (χ0n) is 49.1. The van der Waals surface area contributed by atoms with E-state index in [2.05, 4.69) is 76.2 Å². The van der Waals surface area contributed by atoms with Gasteiger partial charge in [0.15, 0.2) is 11.6 Å². The minimum absolute atomic E-state index is 0.172. The summed E-state index contributed by atoms with van der Waals surface area (Å²) in [4.78, 5) is 46.2. The van der Waals surface area contributed by atoms with Crippen molar-refractivity contribution in [3.8, 4) is 22.8 Å². The number of carbonyl (C=O) groups excluding carboxylic acids is 2. The number of aryl methyl sites for hydroxylation is 2. The van der Waals surface area contributed by atoms with E-state index < -0.39 is 12.2 Å². The molecule has 4 unspecified atom stereocenters. The molecule has 0 aliphatic carbocycles. The van der Waals surface area contributed by atoms with Crippen LogP contribution in [0.4, 0.5) is 0 Å². The molecule has 0 saturated heterocycles. The summed E-state index contributed by atoms with van der Waals surface area (Å²) in [5.74, 6) is 0.672. The van der Waals surface area contributed by atoms with E-state index in [1.807, 2.05) is 87.2 Å². The van der Waals surface area contributed by atoms with E-state index in [1.54, 1.807) is 0 Å². The summed E-state index contributed by atoms with van der Waals surface area (Å²) in [6.45, 7) is 12.9. The van der Waals surface area contributed by atoms with Crippen LogP contribution in [0, 0.1) is 0 Å². The van der Waals surface area contributed by atoms with Gasteiger partial charge in [-0.3, -0.25) is 0 Å². The van der Waals surface area contributed by atoms with E-state index >= 15 is 0 Å². The smallest absolute Gasteiger partial charge is 0.338 e. The van der Waals surface area contributed by atoms with Gasteiger partial charge in [0.2, 0.25) is 0 Å². The van der Waals surface area contributed by atoms with Gasteiger partial charge in [0.1, 0.15) is 12.2 Å². The zero-order valence-corrected chi connectivity index (χ0v) is 49.1. The summed E-state index contributed by atoms with van der Waals surface area (Å²) in [6, 6.07) is 31.7. The summed E-state index contributed by atoms with van der Waals surface area (Å²) in [5.41, 5.74) is 8.66. The predicted octanol–water partition coefficient (Wildman–Crippen LogP) is 19.1. The average molecular weight is 1070 g/mol. The number of carbonyl (C=O) groups is 2. The summed E-state index contributed by atoms with van der Waals surface area (Å²) in [5, 5.41) is 0. The molecule has 9 heteroatoms. The van der Waals surface area contributed by atoms with Crippen LogP contribution in [0.25, 0.3) is 22.8 Å². The van der Waals surface area contributed by atoms with Crippen LogP contribution in [-0.2, 0) is 27.1 Å². The van der Waals surface area contributed by atoms with Crippen molar-refractivity contribution < 1.29 is 23.8 Å². The lowest BCUT2D eigenvalue weighted by Crippen LogP contribution is -2.16. The van der Waals surface area contributed by atoms with Crippen molar-refractivity contribution in [2.45, 2.75) is 233 Å². The average Bonchev–Trinajstić information content (AvgIpc) is 3.48. The number of rotatable bonds is 38. The van der Waals surface area contributed by atoms with E-state index in [4.69, 9.17) is 34.1 Å². The highest BCUT2D eigenvalue weighted by molar-refractivity contribution is 5.90. The van der Waals surface area contributed by atoms with Crippen LogP contribution < -0.4 is 0 Å². The van der Waals surface area contributed by atoms with Crippen LogP contribution in [-0.4, -0.2) is 44.1 Å². The second-order valence-corrected chi connectivity index (χ2v) is 22.1. The Balaban J connectivity index is 1.28. The maximum absolute atomic E-state index is 13.5. The molecule has 0 amide bonds. The predicted molar refractivity (Wildman–Crippen MR) is 323 cm³/mol. The molecule has 2 heterocycles. The third kappa shape index (κ3) is 21.5. The minimum atomic E-state index is -0.586. The Bertz CT molecular complexity index is 2420. The van der Waals surface area contributed by atoms with Crippen molar-refractivity contribution in [1.82, 2.24) is 19.9 Å². The van der Waals surface area contributed by atoms with Gasteiger partial charge in [-0.15, -0.1) is 0 Å². The third-order valence-corrected chi connectivity index (χ3v) is 15.2. The van der Waals surface area contributed by atoms with Gasteiger partial charge >= 0.3 is 11.9 Å². The van der Waals surface area contributed by atoms with E-state index in [9.17, 15) is 9.59 Å². The molecule has 0 spiro atoms. The van der Waals surface area contributed by atoms with Crippen molar-refractivity contribution in [3.05, 3.63) is 166 Å². The van der Waals surface area contributed by atoms with Crippen molar-refractivity contribution >= 4 is 11.9 Å². The summed E-state index contributed by atoms with van der Waals surface area (Å²) >= 11 is 0. The highest BCUT2D eigenvalue weighted by Crippen LogP contribution is 2.38. The van der Waals surface area contributed by atoms with Gasteiger partial charge in [-0.25, -0.2) is 29.5 Å². The lowest BCUT2D eigenvalue weighted by atomic mass is 9.95. The number of esters is 2. The molecule has 0 radical (unpaired) electrons. The first kappa shape index (κ1) is 62.1. The fraction of sp³-hybridized carbons (Fsp3) is 0.514. The zero-order chi connectivity index (χ0) is 55.9. The first-order chi connectivity index (χ1) is 38.7. The normalized spacial score (nSPS) is 12.9. The highest BCUT2D eigenvalue weighted by Gasteiger charge is 2.26. The summed E-state index contributed by atoms with van der Waals surface area (Å²) in [7, 11) is 0.